The van der Waals surface area contributed by atoms with Crippen LogP contribution in [0.5, 0.6) is 0 Å². The van der Waals surface area contributed by atoms with E-state index in [1.807, 2.05) is 11.0 Å². The minimum Gasteiger partial charge on any atom is -0.324 e. The number of halogens is 2. The number of carbonyl (C=O) groups excluding carboxylic acids is 1. The molecule has 0 spiro atoms. The Kier molecular flexibility index (Phi) is 4.42. The topological polar surface area (TPSA) is 38.1 Å². The second-order valence-electron chi connectivity index (χ2n) is 4.68. The van der Waals surface area contributed by atoms with Crippen molar-refractivity contribution < 1.29 is 4.79 Å². The number of carbonyl (C=O) groups is 1. The molecule has 0 aliphatic carbocycles. The minimum absolute atomic E-state index is 0.0414. The van der Waals surface area contributed by atoms with E-state index in [0.717, 1.165) is 11.3 Å². The van der Waals surface area contributed by atoms with Gasteiger partial charge in [-0.1, -0.05) is 29.3 Å². The maximum Gasteiger partial charge on any atom is 0.245 e. The summed E-state index contributed by atoms with van der Waals surface area (Å²) in [6.07, 6.45) is 3.45. The monoisotopic (exact) mass is 341 g/mol. The Balaban J connectivity index is 1.80. The van der Waals surface area contributed by atoms with Crippen LogP contribution in [0.25, 0.3) is 0 Å². The smallest absolute Gasteiger partial charge is 0.245 e. The largest absolute Gasteiger partial charge is 0.324 e. The van der Waals surface area contributed by atoms with E-state index in [1.54, 1.807) is 47.0 Å². The molecule has 1 aliphatic rings. The number of benzene rings is 1. The first-order valence-corrected chi connectivity index (χ1v) is 8.29. The van der Waals surface area contributed by atoms with Gasteiger partial charge in [0.2, 0.25) is 5.91 Å². The van der Waals surface area contributed by atoms with Crippen LogP contribution in [-0.4, -0.2) is 32.9 Å². The van der Waals surface area contributed by atoms with E-state index in [9.17, 15) is 4.79 Å². The molecule has 0 N–H and O–H groups in total. The number of aromatic nitrogens is 2. The number of thioether (sulfide) groups is 1. The molecule has 1 aromatic heterocycles. The molecular weight excluding hydrogens is 329 g/mol. The van der Waals surface area contributed by atoms with Crippen molar-refractivity contribution in [2.24, 2.45) is 0 Å². The Morgan fingerprint density at radius 2 is 2.29 bits per heavy atom. The van der Waals surface area contributed by atoms with Crippen LogP contribution in [0.4, 0.5) is 0 Å². The molecule has 110 valence electrons. The normalized spacial score (nSPS) is 18.2. The van der Waals surface area contributed by atoms with Gasteiger partial charge in [0.1, 0.15) is 11.9 Å². The molecule has 1 atom stereocenters. The predicted molar refractivity (Wildman–Crippen MR) is 85.6 cm³/mol. The highest BCUT2D eigenvalue weighted by molar-refractivity contribution is 7.99. The van der Waals surface area contributed by atoms with Crippen molar-refractivity contribution >= 4 is 40.9 Å². The quantitative estimate of drug-likeness (QED) is 0.857. The second kappa shape index (κ2) is 6.30. The van der Waals surface area contributed by atoms with Crippen LogP contribution in [0.3, 0.4) is 0 Å². The molecule has 4 nitrogen and oxygen atoms in total. The summed E-state index contributed by atoms with van der Waals surface area (Å²) < 4.78 is 1.63. The van der Waals surface area contributed by atoms with Crippen molar-refractivity contribution in [3.8, 4) is 0 Å². The first kappa shape index (κ1) is 14.8. The number of amides is 1. The van der Waals surface area contributed by atoms with Gasteiger partial charge in [-0.05, 0) is 18.2 Å². The lowest BCUT2D eigenvalue weighted by Gasteiger charge is -2.25. The zero-order valence-corrected chi connectivity index (χ0v) is 13.4. The number of rotatable bonds is 3. The Labute approximate surface area is 137 Å². The summed E-state index contributed by atoms with van der Waals surface area (Å²) in [6, 6.07) is 7.21. The van der Waals surface area contributed by atoms with E-state index in [2.05, 4.69) is 5.10 Å². The van der Waals surface area contributed by atoms with Crippen LogP contribution in [0, 0.1) is 0 Å². The summed E-state index contributed by atoms with van der Waals surface area (Å²) in [4.78, 5) is 14.3. The molecule has 0 radical (unpaired) electrons. The highest BCUT2D eigenvalue weighted by Gasteiger charge is 2.31. The Morgan fingerprint density at radius 3 is 3.00 bits per heavy atom. The van der Waals surface area contributed by atoms with Crippen LogP contribution in [0.15, 0.2) is 36.7 Å². The van der Waals surface area contributed by atoms with Crippen molar-refractivity contribution in [1.29, 1.82) is 0 Å². The van der Waals surface area contributed by atoms with Gasteiger partial charge in [0.25, 0.3) is 0 Å². The average molecular weight is 342 g/mol. The van der Waals surface area contributed by atoms with Gasteiger partial charge in [-0.3, -0.25) is 9.48 Å². The van der Waals surface area contributed by atoms with Crippen molar-refractivity contribution in [2.75, 3.05) is 12.3 Å². The molecule has 1 unspecified atom stereocenters. The highest BCUT2D eigenvalue weighted by Crippen LogP contribution is 2.41. The first-order chi connectivity index (χ1) is 10.1. The number of nitrogens with zero attached hydrogens (tertiary/aromatic N) is 3. The lowest BCUT2D eigenvalue weighted by Crippen LogP contribution is -2.33. The van der Waals surface area contributed by atoms with Crippen molar-refractivity contribution in [3.05, 3.63) is 52.3 Å². The maximum absolute atomic E-state index is 12.5. The van der Waals surface area contributed by atoms with Crippen LogP contribution in [-0.2, 0) is 11.3 Å². The van der Waals surface area contributed by atoms with Gasteiger partial charge >= 0.3 is 0 Å². The minimum atomic E-state index is -0.0576. The fourth-order valence-corrected chi connectivity index (χ4v) is 4.20. The third-order valence-electron chi connectivity index (χ3n) is 3.30. The van der Waals surface area contributed by atoms with E-state index in [4.69, 9.17) is 23.2 Å². The van der Waals surface area contributed by atoms with Crippen LogP contribution < -0.4 is 0 Å². The maximum atomic E-state index is 12.5. The van der Waals surface area contributed by atoms with E-state index in [-0.39, 0.29) is 17.8 Å². The fourth-order valence-electron chi connectivity index (χ4n) is 2.31. The van der Waals surface area contributed by atoms with E-state index in [1.165, 1.54) is 0 Å². The average Bonchev–Trinajstić information content (AvgIpc) is 3.09. The zero-order valence-electron chi connectivity index (χ0n) is 11.1. The third-order valence-corrected chi connectivity index (χ3v) is 5.10. The van der Waals surface area contributed by atoms with E-state index in [0.29, 0.717) is 16.6 Å². The Morgan fingerprint density at radius 1 is 1.43 bits per heavy atom. The molecular formula is C14H13Cl2N3OS. The zero-order chi connectivity index (χ0) is 14.8. The SMILES string of the molecule is O=C(Cn1cccn1)N1CCSC1c1ccc(Cl)cc1Cl. The van der Waals surface area contributed by atoms with Gasteiger partial charge in [0, 0.05) is 40.3 Å². The van der Waals surface area contributed by atoms with Gasteiger partial charge in [0.15, 0.2) is 0 Å². The van der Waals surface area contributed by atoms with Gasteiger partial charge < -0.3 is 4.90 Å². The molecule has 1 aliphatic heterocycles. The molecule has 3 rings (SSSR count). The molecule has 0 bridgehead atoms. The van der Waals surface area contributed by atoms with Gasteiger partial charge in [-0.2, -0.15) is 5.10 Å². The summed E-state index contributed by atoms with van der Waals surface area (Å²) in [5, 5.41) is 5.21. The van der Waals surface area contributed by atoms with Gasteiger partial charge in [0.05, 0.1) is 0 Å². The summed E-state index contributed by atoms with van der Waals surface area (Å²) in [7, 11) is 0. The standard InChI is InChI=1S/C14H13Cl2N3OS/c15-10-2-3-11(12(16)8-10)14-19(6-7-21-14)13(20)9-18-5-1-4-17-18/h1-5,8,14H,6-7,9H2. The molecule has 2 heterocycles. The van der Waals surface area contributed by atoms with Gasteiger partial charge in [-0.15, -0.1) is 11.8 Å². The third kappa shape index (κ3) is 3.20. The van der Waals surface area contributed by atoms with E-state index < -0.39 is 0 Å². The predicted octanol–water partition coefficient (Wildman–Crippen LogP) is 3.46. The molecule has 1 saturated heterocycles. The van der Waals surface area contributed by atoms with Crippen molar-refractivity contribution in [3.63, 3.8) is 0 Å². The summed E-state index contributed by atoms with van der Waals surface area (Å²) in [6.45, 7) is 0.962. The number of hydrogen-bond donors (Lipinski definition) is 0. The van der Waals surface area contributed by atoms with E-state index >= 15 is 0 Å². The number of hydrogen-bond acceptors (Lipinski definition) is 3. The molecule has 21 heavy (non-hydrogen) atoms. The highest BCUT2D eigenvalue weighted by atomic mass is 35.5. The fraction of sp³-hybridized carbons (Fsp3) is 0.286. The molecule has 1 fully saturated rings. The molecule has 1 aromatic carbocycles. The van der Waals surface area contributed by atoms with Crippen molar-refractivity contribution in [1.82, 2.24) is 14.7 Å². The molecule has 1 amide bonds. The summed E-state index contributed by atoms with van der Waals surface area (Å²) in [5.41, 5.74) is 0.928. The molecule has 7 heteroatoms. The van der Waals surface area contributed by atoms with Crippen molar-refractivity contribution in [2.45, 2.75) is 11.9 Å². The second-order valence-corrected chi connectivity index (χ2v) is 6.71. The summed E-state index contributed by atoms with van der Waals surface area (Å²) in [5.74, 6) is 0.939. The van der Waals surface area contributed by atoms with Crippen LogP contribution in [0.2, 0.25) is 10.0 Å². The van der Waals surface area contributed by atoms with Crippen LogP contribution in [0.1, 0.15) is 10.9 Å². The summed E-state index contributed by atoms with van der Waals surface area (Å²) >= 11 is 13.9. The Bertz CT molecular complexity index is 648. The van der Waals surface area contributed by atoms with Crippen LogP contribution >= 0.6 is 35.0 Å². The Hall–Kier alpha value is -1.17. The van der Waals surface area contributed by atoms with Gasteiger partial charge in [-0.25, -0.2) is 0 Å². The lowest BCUT2D eigenvalue weighted by molar-refractivity contribution is -0.132. The molecule has 2 aromatic rings. The molecule has 0 saturated carbocycles. The lowest BCUT2D eigenvalue weighted by atomic mass is 10.2. The first-order valence-electron chi connectivity index (χ1n) is 6.48.